The van der Waals surface area contributed by atoms with E-state index in [1.54, 1.807) is 6.08 Å². The Kier molecular flexibility index (Phi) is 6.02. The summed E-state index contributed by atoms with van der Waals surface area (Å²) < 4.78 is 2.20. The number of fused-ring (bicyclic) bond motifs is 1. The van der Waals surface area contributed by atoms with Crippen molar-refractivity contribution >= 4 is 29.3 Å². The maximum Gasteiger partial charge on any atom is 0.248 e. The maximum absolute atomic E-state index is 12.5. The maximum atomic E-state index is 12.5. The van der Waals surface area contributed by atoms with Crippen LogP contribution in [0.3, 0.4) is 0 Å². The van der Waals surface area contributed by atoms with Crippen LogP contribution in [0.4, 0.5) is 11.4 Å². The molecule has 1 aromatic heterocycles. The second-order valence-electron chi connectivity index (χ2n) is 8.55. The Morgan fingerprint density at radius 1 is 0.939 bits per heavy atom. The topological polar surface area (TPSA) is 80.1 Å². The quantitative estimate of drug-likeness (QED) is 0.593. The van der Waals surface area contributed by atoms with Crippen molar-refractivity contribution in [3.05, 3.63) is 66.0 Å². The first-order valence-electron chi connectivity index (χ1n) is 11.6. The zero-order valence-corrected chi connectivity index (χ0v) is 18.5. The highest BCUT2D eigenvalue weighted by molar-refractivity contribution is 6.02. The monoisotopic (exact) mass is 441 g/mol. The minimum Gasteiger partial charge on any atom is -0.322 e. The van der Waals surface area contributed by atoms with Crippen LogP contribution in [0, 0.1) is 0 Å². The van der Waals surface area contributed by atoms with Gasteiger partial charge in [-0.15, -0.1) is 10.2 Å². The summed E-state index contributed by atoms with van der Waals surface area (Å²) in [4.78, 5) is 26.2. The number of carbonyl (C=O) groups excluding carboxylic acids is 2. The lowest BCUT2D eigenvalue weighted by molar-refractivity contribution is -0.117. The van der Waals surface area contributed by atoms with E-state index in [0.717, 1.165) is 72.9 Å². The molecule has 0 radical (unpaired) electrons. The molecule has 168 valence electrons. The molecule has 33 heavy (non-hydrogen) atoms. The Hall–Kier alpha value is -3.74. The van der Waals surface area contributed by atoms with Crippen LogP contribution in [-0.4, -0.2) is 33.1 Å². The van der Waals surface area contributed by atoms with Crippen LogP contribution in [0.1, 0.15) is 43.5 Å². The Labute approximate surface area is 193 Å². The van der Waals surface area contributed by atoms with Gasteiger partial charge in [0, 0.05) is 48.9 Å². The number of benzene rings is 2. The molecule has 2 amide bonds. The fourth-order valence-corrected chi connectivity index (χ4v) is 4.48. The number of hydrogen-bond acceptors (Lipinski definition) is 4. The first kappa shape index (κ1) is 21.1. The van der Waals surface area contributed by atoms with E-state index < -0.39 is 0 Å². The van der Waals surface area contributed by atoms with Crippen molar-refractivity contribution in [1.82, 2.24) is 14.8 Å². The average molecular weight is 442 g/mol. The minimum atomic E-state index is -0.203. The predicted octanol–water partition coefficient (Wildman–Crippen LogP) is 4.45. The zero-order valence-electron chi connectivity index (χ0n) is 18.5. The number of nitrogens with one attached hydrogen (secondary N) is 1. The molecule has 0 spiro atoms. The van der Waals surface area contributed by atoms with Crippen LogP contribution in [0.5, 0.6) is 0 Å². The molecule has 0 aliphatic carbocycles. The van der Waals surface area contributed by atoms with Crippen LogP contribution < -0.4 is 10.2 Å². The van der Waals surface area contributed by atoms with Gasteiger partial charge in [0.1, 0.15) is 5.82 Å². The van der Waals surface area contributed by atoms with Crippen LogP contribution in [0.15, 0.2) is 54.6 Å². The second kappa shape index (κ2) is 9.40. The van der Waals surface area contributed by atoms with Crippen LogP contribution in [0.2, 0.25) is 0 Å². The van der Waals surface area contributed by atoms with Gasteiger partial charge in [0.25, 0.3) is 0 Å². The van der Waals surface area contributed by atoms with Gasteiger partial charge in [0.15, 0.2) is 5.82 Å². The molecule has 2 aromatic carbocycles. The van der Waals surface area contributed by atoms with Gasteiger partial charge in [-0.25, -0.2) is 0 Å². The average Bonchev–Trinajstić information content (AvgIpc) is 3.37. The summed E-state index contributed by atoms with van der Waals surface area (Å²) in [6.07, 6.45) is 9.27. The van der Waals surface area contributed by atoms with E-state index in [-0.39, 0.29) is 11.8 Å². The van der Waals surface area contributed by atoms with Crippen molar-refractivity contribution in [2.75, 3.05) is 16.8 Å². The van der Waals surface area contributed by atoms with E-state index in [2.05, 4.69) is 20.1 Å². The first-order valence-corrected chi connectivity index (χ1v) is 11.6. The van der Waals surface area contributed by atoms with Crippen LogP contribution in [-0.2, 0) is 22.6 Å². The van der Waals surface area contributed by atoms with Gasteiger partial charge in [-0.05, 0) is 55.2 Å². The molecule has 7 nitrogen and oxygen atoms in total. The molecule has 1 saturated heterocycles. The van der Waals surface area contributed by atoms with Gasteiger partial charge in [0.2, 0.25) is 11.8 Å². The van der Waals surface area contributed by atoms with Gasteiger partial charge in [0.05, 0.1) is 0 Å². The number of aromatic nitrogens is 3. The third-order valence-corrected chi connectivity index (χ3v) is 6.20. The second-order valence-corrected chi connectivity index (χ2v) is 8.55. The molecule has 3 aromatic rings. The van der Waals surface area contributed by atoms with Crippen molar-refractivity contribution in [2.45, 2.75) is 45.1 Å². The van der Waals surface area contributed by atoms with Crippen molar-refractivity contribution in [2.24, 2.45) is 0 Å². The number of nitrogens with zero attached hydrogens (tertiary/aromatic N) is 4. The lowest BCUT2D eigenvalue weighted by atomic mass is 10.1. The highest BCUT2D eigenvalue weighted by Crippen LogP contribution is 2.25. The number of carbonyl (C=O) groups is 2. The van der Waals surface area contributed by atoms with E-state index in [0.29, 0.717) is 6.42 Å². The lowest BCUT2D eigenvalue weighted by Crippen LogP contribution is -2.23. The van der Waals surface area contributed by atoms with Crippen LogP contribution >= 0.6 is 0 Å². The van der Waals surface area contributed by atoms with Crippen molar-refractivity contribution < 1.29 is 9.59 Å². The third-order valence-electron chi connectivity index (χ3n) is 6.20. The van der Waals surface area contributed by atoms with Gasteiger partial charge < -0.3 is 14.8 Å². The molecule has 1 fully saturated rings. The van der Waals surface area contributed by atoms with Crippen LogP contribution in [0.25, 0.3) is 17.5 Å². The van der Waals surface area contributed by atoms with E-state index in [4.69, 9.17) is 0 Å². The molecule has 7 heteroatoms. The number of aryl methyl sites for hydroxylation is 1. The molecule has 1 N–H and O–H groups in total. The van der Waals surface area contributed by atoms with Gasteiger partial charge in [-0.3, -0.25) is 9.59 Å². The largest absolute Gasteiger partial charge is 0.322 e. The highest BCUT2D eigenvalue weighted by Gasteiger charge is 2.21. The Morgan fingerprint density at radius 2 is 1.82 bits per heavy atom. The standard InChI is InChI=1S/C26H27N5O2/c32-24(15-12-19-10-13-22(14-11-19)30-17-5-9-25(30)33)27-21-7-4-6-20(18-21)26-29-28-23-8-2-1-3-16-31(23)26/h4,6-7,10-15,18H,1-3,5,8-9,16-17H2,(H,27,32)/b15-12+. The van der Waals surface area contributed by atoms with Gasteiger partial charge in [-0.1, -0.05) is 30.7 Å². The van der Waals surface area contributed by atoms with E-state index in [1.807, 2.05) is 53.4 Å². The molecular weight excluding hydrogens is 414 g/mol. The molecule has 5 rings (SSSR count). The molecule has 0 bridgehead atoms. The predicted molar refractivity (Wildman–Crippen MR) is 129 cm³/mol. The Bertz CT molecular complexity index is 1200. The molecule has 0 atom stereocenters. The van der Waals surface area contributed by atoms with Gasteiger partial charge >= 0.3 is 0 Å². The SMILES string of the molecule is O=C(/C=C/c1ccc(N2CCCC2=O)cc1)Nc1cccc(-c2nnc3n2CCCCC3)c1. The summed E-state index contributed by atoms with van der Waals surface area (Å²) in [5, 5.41) is 11.7. The smallest absolute Gasteiger partial charge is 0.248 e. The molecule has 2 aliphatic rings. The summed E-state index contributed by atoms with van der Waals surface area (Å²) in [5.74, 6) is 1.86. The Morgan fingerprint density at radius 3 is 2.64 bits per heavy atom. The van der Waals surface area contributed by atoms with Gasteiger partial charge in [-0.2, -0.15) is 0 Å². The lowest BCUT2D eigenvalue weighted by Gasteiger charge is -2.15. The van der Waals surface area contributed by atoms with Crippen molar-refractivity contribution in [3.8, 4) is 11.4 Å². The number of rotatable bonds is 5. The summed E-state index contributed by atoms with van der Waals surface area (Å²) in [6.45, 7) is 1.70. The molecule has 2 aliphatic heterocycles. The summed E-state index contributed by atoms with van der Waals surface area (Å²) in [6, 6.07) is 15.4. The Balaban J connectivity index is 1.25. The first-order chi connectivity index (χ1) is 16.2. The molecular formula is C26H27N5O2. The summed E-state index contributed by atoms with van der Waals surface area (Å²) >= 11 is 0. The minimum absolute atomic E-state index is 0.169. The fraction of sp³-hybridized carbons (Fsp3) is 0.308. The summed E-state index contributed by atoms with van der Waals surface area (Å²) in [5.41, 5.74) is 3.48. The molecule has 0 saturated carbocycles. The summed E-state index contributed by atoms with van der Waals surface area (Å²) in [7, 11) is 0. The molecule has 0 unspecified atom stereocenters. The van der Waals surface area contributed by atoms with E-state index in [9.17, 15) is 9.59 Å². The highest BCUT2D eigenvalue weighted by atomic mass is 16.2. The van der Waals surface area contributed by atoms with Crippen molar-refractivity contribution in [1.29, 1.82) is 0 Å². The van der Waals surface area contributed by atoms with E-state index in [1.165, 1.54) is 12.5 Å². The number of anilines is 2. The number of amides is 2. The van der Waals surface area contributed by atoms with E-state index >= 15 is 0 Å². The van der Waals surface area contributed by atoms with Crippen molar-refractivity contribution in [3.63, 3.8) is 0 Å². The normalized spacial score (nSPS) is 16.1. The fourth-order valence-electron chi connectivity index (χ4n) is 4.48. The third kappa shape index (κ3) is 4.72. The number of hydrogen-bond donors (Lipinski definition) is 1. The zero-order chi connectivity index (χ0) is 22.6. The molecule has 3 heterocycles.